The minimum Gasteiger partial charge on any atom is -0.311 e. The fraction of sp³-hybridized carbons (Fsp3) is 0.647. The smallest absolute Gasteiger partial charge is 0.129 e. The molecular formula is C17H26ClFN2. The molecule has 0 radical (unpaired) electrons. The zero-order chi connectivity index (χ0) is 15.6. The molecule has 2 rings (SSSR count). The largest absolute Gasteiger partial charge is 0.311 e. The van der Waals surface area contributed by atoms with Crippen molar-refractivity contribution in [2.24, 2.45) is 5.92 Å². The molecule has 0 aromatic heterocycles. The first-order chi connectivity index (χ1) is 9.90. The summed E-state index contributed by atoms with van der Waals surface area (Å²) in [6, 6.07) is 4.98. The molecule has 0 aliphatic heterocycles. The van der Waals surface area contributed by atoms with Crippen LogP contribution in [0.1, 0.15) is 44.2 Å². The van der Waals surface area contributed by atoms with Gasteiger partial charge in [0.05, 0.1) is 6.04 Å². The lowest BCUT2D eigenvalue weighted by Gasteiger charge is -2.50. The molecule has 1 aliphatic carbocycles. The Morgan fingerprint density at radius 1 is 1.33 bits per heavy atom. The Morgan fingerprint density at radius 2 is 1.95 bits per heavy atom. The summed E-state index contributed by atoms with van der Waals surface area (Å²) in [5.74, 6) is 0.535. The molecular weight excluding hydrogens is 287 g/mol. The monoisotopic (exact) mass is 312 g/mol. The third-order valence-corrected chi connectivity index (χ3v) is 5.37. The fourth-order valence-electron chi connectivity index (χ4n) is 3.71. The zero-order valence-corrected chi connectivity index (χ0v) is 14.2. The molecule has 0 spiro atoms. The molecule has 2 nitrogen and oxygen atoms in total. The van der Waals surface area contributed by atoms with Crippen LogP contribution in [0.4, 0.5) is 4.39 Å². The maximum atomic E-state index is 14.4. The molecule has 1 aromatic carbocycles. The van der Waals surface area contributed by atoms with Crippen LogP contribution in [-0.4, -0.2) is 31.6 Å². The van der Waals surface area contributed by atoms with Crippen molar-refractivity contribution >= 4 is 11.6 Å². The van der Waals surface area contributed by atoms with Crippen LogP contribution < -0.4 is 5.32 Å². The van der Waals surface area contributed by atoms with E-state index in [-0.39, 0.29) is 17.4 Å². The molecule has 4 heteroatoms. The molecule has 1 aliphatic rings. The fourth-order valence-corrected chi connectivity index (χ4v) is 3.86. The first kappa shape index (κ1) is 16.7. The summed E-state index contributed by atoms with van der Waals surface area (Å²) >= 11 is 5.90. The molecule has 0 amide bonds. The van der Waals surface area contributed by atoms with Gasteiger partial charge in [0.25, 0.3) is 0 Å². The van der Waals surface area contributed by atoms with Gasteiger partial charge >= 0.3 is 0 Å². The molecule has 1 N–H and O–H groups in total. The van der Waals surface area contributed by atoms with Gasteiger partial charge in [-0.15, -0.1) is 0 Å². The van der Waals surface area contributed by atoms with E-state index in [0.717, 1.165) is 18.8 Å². The van der Waals surface area contributed by atoms with Crippen LogP contribution in [-0.2, 0) is 0 Å². The number of nitrogens with one attached hydrogen (secondary N) is 1. The van der Waals surface area contributed by atoms with Gasteiger partial charge in [-0.05, 0) is 64.9 Å². The van der Waals surface area contributed by atoms with Crippen LogP contribution in [0.3, 0.4) is 0 Å². The number of rotatable bonds is 4. The summed E-state index contributed by atoms with van der Waals surface area (Å²) in [7, 11) is 6.13. The SMILES string of the molecule is CNC(c1ccc(Cl)cc1F)C1(N(C)C)CCC(C)CC1. The Labute approximate surface area is 132 Å². The number of hydrogen-bond acceptors (Lipinski definition) is 2. The van der Waals surface area contributed by atoms with Crippen LogP contribution in [0.25, 0.3) is 0 Å². The number of likely N-dealkylation sites (N-methyl/N-ethyl adjacent to an activating group) is 2. The van der Waals surface area contributed by atoms with E-state index < -0.39 is 0 Å². The topological polar surface area (TPSA) is 15.3 Å². The maximum Gasteiger partial charge on any atom is 0.129 e. The molecule has 1 aromatic rings. The Bertz CT molecular complexity index is 482. The van der Waals surface area contributed by atoms with Crippen LogP contribution in [0, 0.1) is 11.7 Å². The van der Waals surface area contributed by atoms with E-state index in [4.69, 9.17) is 11.6 Å². The quantitative estimate of drug-likeness (QED) is 0.894. The number of benzene rings is 1. The second-order valence-corrected chi connectivity index (χ2v) is 7.00. The average Bonchev–Trinajstić information content (AvgIpc) is 2.43. The second-order valence-electron chi connectivity index (χ2n) is 6.57. The Kier molecular flexibility index (Phi) is 5.29. The van der Waals surface area contributed by atoms with Crippen LogP contribution >= 0.6 is 11.6 Å². The summed E-state index contributed by atoms with van der Waals surface area (Å²) in [6.45, 7) is 2.30. The molecule has 0 heterocycles. The highest BCUT2D eigenvalue weighted by molar-refractivity contribution is 6.30. The first-order valence-corrected chi connectivity index (χ1v) is 8.08. The van der Waals surface area contributed by atoms with Crippen LogP contribution in [0.15, 0.2) is 18.2 Å². The third-order valence-electron chi connectivity index (χ3n) is 5.13. The minimum absolute atomic E-state index is 0.0303. The Balaban J connectivity index is 2.41. The maximum absolute atomic E-state index is 14.4. The highest BCUT2D eigenvalue weighted by atomic mass is 35.5. The molecule has 1 fully saturated rings. The molecule has 21 heavy (non-hydrogen) atoms. The van der Waals surface area contributed by atoms with E-state index >= 15 is 0 Å². The van der Waals surface area contributed by atoms with Crippen molar-refractivity contribution in [1.82, 2.24) is 10.2 Å². The predicted octanol–water partition coefficient (Wildman–Crippen LogP) is 4.25. The number of hydrogen-bond donors (Lipinski definition) is 1. The van der Waals surface area contributed by atoms with Gasteiger partial charge < -0.3 is 10.2 Å². The van der Waals surface area contributed by atoms with Gasteiger partial charge in [0.2, 0.25) is 0 Å². The van der Waals surface area contributed by atoms with Crippen molar-refractivity contribution in [3.8, 4) is 0 Å². The van der Waals surface area contributed by atoms with Crippen molar-refractivity contribution in [3.63, 3.8) is 0 Å². The highest BCUT2D eigenvalue weighted by Crippen LogP contribution is 2.44. The highest BCUT2D eigenvalue weighted by Gasteiger charge is 2.43. The molecule has 1 unspecified atom stereocenters. The summed E-state index contributed by atoms with van der Waals surface area (Å²) in [6.07, 6.45) is 4.53. The Hall–Kier alpha value is -0.640. The van der Waals surface area contributed by atoms with Crippen molar-refractivity contribution in [2.45, 2.75) is 44.2 Å². The van der Waals surface area contributed by atoms with E-state index in [1.54, 1.807) is 6.07 Å². The number of halogens is 2. The van der Waals surface area contributed by atoms with Gasteiger partial charge in [-0.3, -0.25) is 0 Å². The van der Waals surface area contributed by atoms with E-state index in [1.165, 1.54) is 18.9 Å². The third kappa shape index (κ3) is 3.25. The van der Waals surface area contributed by atoms with Gasteiger partial charge in [0.15, 0.2) is 0 Å². The van der Waals surface area contributed by atoms with Gasteiger partial charge in [0.1, 0.15) is 5.82 Å². The zero-order valence-electron chi connectivity index (χ0n) is 13.4. The molecule has 118 valence electrons. The standard InChI is InChI=1S/C17H26ClFN2/c1-12-7-9-17(10-8-12,21(3)4)16(20-2)14-6-5-13(18)11-15(14)19/h5-6,11-12,16,20H,7-10H2,1-4H3. The van der Waals surface area contributed by atoms with E-state index in [0.29, 0.717) is 10.6 Å². The summed E-state index contributed by atoms with van der Waals surface area (Å²) in [4.78, 5) is 2.27. The second kappa shape index (κ2) is 6.64. The minimum atomic E-state index is -0.221. The molecule has 1 saturated carbocycles. The lowest BCUT2D eigenvalue weighted by Crippen LogP contribution is -2.55. The van der Waals surface area contributed by atoms with Crippen molar-refractivity contribution in [2.75, 3.05) is 21.1 Å². The molecule has 0 saturated heterocycles. The Morgan fingerprint density at radius 3 is 2.43 bits per heavy atom. The average molecular weight is 313 g/mol. The van der Waals surface area contributed by atoms with Crippen LogP contribution in [0.2, 0.25) is 5.02 Å². The summed E-state index contributed by atoms with van der Waals surface area (Å²) in [5.41, 5.74) is 0.667. The van der Waals surface area contributed by atoms with Crippen molar-refractivity contribution in [1.29, 1.82) is 0 Å². The first-order valence-electron chi connectivity index (χ1n) is 7.70. The lowest BCUT2D eigenvalue weighted by molar-refractivity contribution is 0.0443. The van der Waals surface area contributed by atoms with Gasteiger partial charge in [-0.2, -0.15) is 0 Å². The van der Waals surface area contributed by atoms with E-state index in [9.17, 15) is 4.39 Å². The summed E-state index contributed by atoms with van der Waals surface area (Å²) in [5, 5.41) is 3.81. The van der Waals surface area contributed by atoms with Gasteiger partial charge in [0, 0.05) is 16.1 Å². The van der Waals surface area contributed by atoms with E-state index in [1.807, 2.05) is 13.1 Å². The lowest BCUT2D eigenvalue weighted by atomic mass is 9.70. The summed E-state index contributed by atoms with van der Waals surface area (Å²) < 4.78 is 14.4. The van der Waals surface area contributed by atoms with Gasteiger partial charge in [-0.1, -0.05) is 24.6 Å². The van der Waals surface area contributed by atoms with Crippen LogP contribution in [0.5, 0.6) is 0 Å². The van der Waals surface area contributed by atoms with Crippen molar-refractivity contribution < 1.29 is 4.39 Å². The van der Waals surface area contributed by atoms with Crippen molar-refractivity contribution in [3.05, 3.63) is 34.6 Å². The predicted molar refractivity (Wildman–Crippen MR) is 87.3 cm³/mol. The molecule has 0 bridgehead atoms. The van der Waals surface area contributed by atoms with Gasteiger partial charge in [-0.25, -0.2) is 4.39 Å². The normalized spacial score (nSPS) is 27.9. The number of nitrogens with zero attached hydrogens (tertiary/aromatic N) is 1. The molecule has 1 atom stereocenters. The van der Waals surface area contributed by atoms with E-state index in [2.05, 4.69) is 31.2 Å².